The summed E-state index contributed by atoms with van der Waals surface area (Å²) in [6, 6.07) is 8.18. The number of carboxylic acid groups (broad SMARTS) is 1. The molecule has 0 radical (unpaired) electrons. The lowest BCUT2D eigenvalue weighted by molar-refractivity contribution is -0.151. The van der Waals surface area contributed by atoms with Gasteiger partial charge in [-0.15, -0.1) is 0 Å². The Balaban J connectivity index is 2.16. The zero-order valence-electron chi connectivity index (χ0n) is 10.7. The number of piperazine rings is 1. The third kappa shape index (κ3) is 3.63. The number of hydrogen-bond donors (Lipinski definition) is 1. The van der Waals surface area contributed by atoms with Crippen LogP contribution < -0.4 is 0 Å². The lowest BCUT2D eigenvalue weighted by Gasteiger charge is -2.40. The van der Waals surface area contributed by atoms with Gasteiger partial charge < -0.3 is 5.11 Å². The number of alkyl halides is 3. The smallest absolute Gasteiger partial charge is 0.407 e. The van der Waals surface area contributed by atoms with Gasteiger partial charge in [0.05, 0.1) is 12.6 Å². The minimum atomic E-state index is -4.27. The van der Waals surface area contributed by atoms with Gasteiger partial charge in [0.25, 0.3) is 0 Å². The molecule has 20 heavy (non-hydrogen) atoms. The van der Waals surface area contributed by atoms with E-state index in [0.29, 0.717) is 5.56 Å². The van der Waals surface area contributed by atoms with Crippen LogP contribution in [0.4, 0.5) is 18.0 Å². The Kier molecular flexibility index (Phi) is 4.17. The molecule has 1 aliphatic rings. The third-order valence-corrected chi connectivity index (χ3v) is 3.30. The van der Waals surface area contributed by atoms with E-state index < -0.39 is 24.9 Å². The summed E-state index contributed by atoms with van der Waals surface area (Å²) in [6.45, 7) is -0.792. The van der Waals surface area contributed by atoms with Gasteiger partial charge in [0.2, 0.25) is 0 Å². The summed E-state index contributed by atoms with van der Waals surface area (Å²) in [6.07, 6.45) is -5.38. The number of halogens is 3. The number of amides is 1. The van der Waals surface area contributed by atoms with Gasteiger partial charge in [0.15, 0.2) is 0 Å². The van der Waals surface area contributed by atoms with Crippen molar-refractivity contribution in [2.45, 2.75) is 12.2 Å². The van der Waals surface area contributed by atoms with Crippen LogP contribution in [0, 0.1) is 0 Å². The van der Waals surface area contributed by atoms with E-state index in [1.807, 2.05) is 0 Å². The molecule has 1 aliphatic heterocycles. The monoisotopic (exact) mass is 288 g/mol. The van der Waals surface area contributed by atoms with E-state index in [-0.39, 0.29) is 19.6 Å². The fourth-order valence-corrected chi connectivity index (χ4v) is 2.43. The fourth-order valence-electron chi connectivity index (χ4n) is 2.43. The second-order valence-corrected chi connectivity index (χ2v) is 4.75. The minimum absolute atomic E-state index is 0.0514. The van der Waals surface area contributed by atoms with Crippen LogP contribution in [0.3, 0.4) is 0 Å². The summed E-state index contributed by atoms with van der Waals surface area (Å²) in [5, 5.41) is 9.17. The van der Waals surface area contributed by atoms with Crippen molar-refractivity contribution >= 4 is 6.09 Å². The molecule has 1 atom stereocenters. The van der Waals surface area contributed by atoms with Gasteiger partial charge in [0, 0.05) is 19.6 Å². The largest absolute Gasteiger partial charge is 0.465 e. The zero-order chi connectivity index (χ0) is 14.8. The standard InChI is InChI=1S/C13H15F3N2O2/c14-13(15,16)9-17-6-7-18(12(19)20)11(8-17)10-4-2-1-3-5-10/h1-5,11H,6-9H2,(H,19,20)/t11-/m0/s1. The SMILES string of the molecule is O=C(O)N1CCN(CC(F)(F)F)C[C@H]1c1ccccc1. The maximum absolute atomic E-state index is 12.5. The summed E-state index contributed by atoms with van der Waals surface area (Å²) in [5.74, 6) is 0. The third-order valence-electron chi connectivity index (χ3n) is 3.30. The van der Waals surface area contributed by atoms with E-state index in [0.717, 1.165) is 0 Å². The summed E-state index contributed by atoms with van der Waals surface area (Å²) in [5.41, 5.74) is 0.710. The molecule has 7 heteroatoms. The number of carbonyl (C=O) groups is 1. The van der Waals surface area contributed by atoms with E-state index in [1.165, 1.54) is 9.80 Å². The van der Waals surface area contributed by atoms with Gasteiger partial charge in [-0.25, -0.2) is 4.79 Å². The van der Waals surface area contributed by atoms with Crippen molar-refractivity contribution in [1.82, 2.24) is 9.80 Å². The first-order chi connectivity index (χ1) is 9.37. The number of nitrogens with zero attached hydrogens (tertiary/aromatic N) is 2. The van der Waals surface area contributed by atoms with Crippen molar-refractivity contribution < 1.29 is 23.1 Å². The highest BCUT2D eigenvalue weighted by molar-refractivity contribution is 5.66. The first-order valence-electron chi connectivity index (χ1n) is 6.20. The van der Waals surface area contributed by atoms with Crippen LogP contribution in [0.15, 0.2) is 30.3 Å². The molecule has 1 heterocycles. The van der Waals surface area contributed by atoms with Gasteiger partial charge in [0.1, 0.15) is 0 Å². The van der Waals surface area contributed by atoms with Crippen LogP contribution in [0.1, 0.15) is 11.6 Å². The first-order valence-corrected chi connectivity index (χ1v) is 6.20. The molecule has 0 unspecified atom stereocenters. The Morgan fingerprint density at radius 2 is 1.90 bits per heavy atom. The lowest BCUT2D eigenvalue weighted by Crippen LogP contribution is -2.52. The topological polar surface area (TPSA) is 43.8 Å². The van der Waals surface area contributed by atoms with E-state index in [4.69, 9.17) is 0 Å². The van der Waals surface area contributed by atoms with Crippen LogP contribution in [0.2, 0.25) is 0 Å². The summed E-state index contributed by atoms with van der Waals surface area (Å²) in [4.78, 5) is 13.7. The molecule has 0 bridgehead atoms. The zero-order valence-corrected chi connectivity index (χ0v) is 10.7. The number of benzene rings is 1. The molecule has 1 N–H and O–H groups in total. The highest BCUT2D eigenvalue weighted by atomic mass is 19.4. The molecule has 1 fully saturated rings. The Morgan fingerprint density at radius 3 is 2.45 bits per heavy atom. The van der Waals surface area contributed by atoms with Crippen LogP contribution in [-0.4, -0.2) is 53.4 Å². The predicted molar refractivity (Wildman–Crippen MR) is 66.4 cm³/mol. The molecule has 1 aromatic rings. The Morgan fingerprint density at radius 1 is 1.25 bits per heavy atom. The quantitative estimate of drug-likeness (QED) is 0.909. The number of hydrogen-bond acceptors (Lipinski definition) is 2. The van der Waals surface area contributed by atoms with Crippen LogP contribution >= 0.6 is 0 Å². The van der Waals surface area contributed by atoms with Crippen molar-refractivity contribution in [3.8, 4) is 0 Å². The average Bonchev–Trinajstić information content (AvgIpc) is 2.37. The molecule has 110 valence electrons. The van der Waals surface area contributed by atoms with Crippen LogP contribution in [-0.2, 0) is 0 Å². The molecule has 1 saturated heterocycles. The summed E-state index contributed by atoms with van der Waals surface area (Å²) in [7, 11) is 0. The fraction of sp³-hybridized carbons (Fsp3) is 0.462. The van der Waals surface area contributed by atoms with Crippen molar-refractivity contribution in [1.29, 1.82) is 0 Å². The van der Waals surface area contributed by atoms with Crippen LogP contribution in [0.5, 0.6) is 0 Å². The van der Waals surface area contributed by atoms with Gasteiger partial charge in [-0.2, -0.15) is 13.2 Å². The second kappa shape index (κ2) is 5.70. The first kappa shape index (κ1) is 14.6. The van der Waals surface area contributed by atoms with Gasteiger partial charge >= 0.3 is 12.3 Å². The summed E-state index contributed by atoms with van der Waals surface area (Å²) < 4.78 is 37.4. The molecule has 0 aliphatic carbocycles. The molecule has 1 amide bonds. The lowest BCUT2D eigenvalue weighted by atomic mass is 10.0. The van der Waals surface area contributed by atoms with Crippen molar-refractivity contribution in [2.75, 3.05) is 26.2 Å². The molecule has 4 nitrogen and oxygen atoms in total. The van der Waals surface area contributed by atoms with Crippen molar-refractivity contribution in [3.63, 3.8) is 0 Å². The highest BCUT2D eigenvalue weighted by Gasteiger charge is 2.37. The molecule has 0 aromatic heterocycles. The Bertz CT molecular complexity index is 464. The summed E-state index contributed by atoms with van der Waals surface area (Å²) >= 11 is 0. The second-order valence-electron chi connectivity index (χ2n) is 4.75. The Labute approximate surface area is 114 Å². The average molecular weight is 288 g/mol. The van der Waals surface area contributed by atoms with Crippen LogP contribution in [0.25, 0.3) is 0 Å². The Hall–Kier alpha value is -1.76. The maximum atomic E-state index is 12.5. The molecule has 2 rings (SSSR count). The van der Waals surface area contributed by atoms with Gasteiger partial charge in [-0.3, -0.25) is 9.80 Å². The molecule has 0 spiro atoms. The predicted octanol–water partition coefficient (Wildman–Crippen LogP) is 2.59. The van der Waals surface area contributed by atoms with Gasteiger partial charge in [-0.05, 0) is 5.56 Å². The molecule has 1 aromatic carbocycles. The van der Waals surface area contributed by atoms with Gasteiger partial charge in [-0.1, -0.05) is 30.3 Å². The molecular weight excluding hydrogens is 273 g/mol. The number of rotatable bonds is 2. The van der Waals surface area contributed by atoms with E-state index in [1.54, 1.807) is 30.3 Å². The van der Waals surface area contributed by atoms with E-state index in [2.05, 4.69) is 0 Å². The normalized spacial score (nSPS) is 20.9. The van der Waals surface area contributed by atoms with E-state index >= 15 is 0 Å². The van der Waals surface area contributed by atoms with E-state index in [9.17, 15) is 23.1 Å². The minimum Gasteiger partial charge on any atom is -0.465 e. The van der Waals surface area contributed by atoms with Crippen molar-refractivity contribution in [3.05, 3.63) is 35.9 Å². The molecular formula is C13H15F3N2O2. The highest BCUT2D eigenvalue weighted by Crippen LogP contribution is 2.27. The van der Waals surface area contributed by atoms with Crippen molar-refractivity contribution in [2.24, 2.45) is 0 Å². The maximum Gasteiger partial charge on any atom is 0.407 e. The molecule has 0 saturated carbocycles.